The number of aliphatic hydroxyl groups excluding tert-OH is 1. The van der Waals surface area contributed by atoms with Gasteiger partial charge >= 0.3 is 0 Å². The van der Waals surface area contributed by atoms with Crippen LogP contribution >= 0.6 is 11.8 Å². The molecule has 1 aliphatic heterocycles. The lowest BCUT2D eigenvalue weighted by molar-refractivity contribution is -0.129. The molecule has 0 aliphatic carbocycles. The van der Waals surface area contributed by atoms with Gasteiger partial charge in [-0.2, -0.15) is 0 Å². The van der Waals surface area contributed by atoms with Crippen LogP contribution < -0.4 is 0 Å². The van der Waals surface area contributed by atoms with Gasteiger partial charge in [-0.05, 0) is 18.1 Å². The Morgan fingerprint density at radius 2 is 2.00 bits per heavy atom. The van der Waals surface area contributed by atoms with Crippen molar-refractivity contribution in [3.63, 3.8) is 0 Å². The van der Waals surface area contributed by atoms with E-state index in [1.165, 1.54) is 5.56 Å². The Hall–Kier alpha value is -1.78. The molecule has 1 saturated heterocycles. The van der Waals surface area contributed by atoms with Crippen LogP contribution in [0.5, 0.6) is 0 Å². The third kappa shape index (κ3) is 3.18. The van der Waals surface area contributed by atoms with Crippen LogP contribution in [0.25, 0.3) is 0 Å². The predicted octanol–water partition coefficient (Wildman–Crippen LogP) is 3.30. The van der Waals surface area contributed by atoms with Crippen LogP contribution in [0.1, 0.15) is 28.2 Å². The summed E-state index contributed by atoms with van der Waals surface area (Å²) in [5, 5.41) is 10.4. The van der Waals surface area contributed by atoms with Crippen molar-refractivity contribution in [1.82, 2.24) is 4.90 Å². The fourth-order valence-corrected chi connectivity index (χ4v) is 3.91. The van der Waals surface area contributed by atoms with Crippen molar-refractivity contribution in [1.29, 1.82) is 0 Å². The van der Waals surface area contributed by atoms with E-state index in [1.807, 2.05) is 55.5 Å². The molecule has 2 unspecified atom stereocenters. The SMILES string of the molecule is Cc1cccc(C2SCC(=O)N2CC(O)c2ccccc2)c1. The van der Waals surface area contributed by atoms with Gasteiger partial charge in [0, 0.05) is 0 Å². The van der Waals surface area contributed by atoms with E-state index in [0.29, 0.717) is 12.3 Å². The minimum Gasteiger partial charge on any atom is -0.387 e. The summed E-state index contributed by atoms with van der Waals surface area (Å²) in [7, 11) is 0. The number of benzene rings is 2. The molecular weight excluding hydrogens is 294 g/mol. The van der Waals surface area contributed by atoms with Gasteiger partial charge < -0.3 is 10.0 Å². The number of β-amino-alcohol motifs (C(OH)–C–C–N with tert-alkyl or cyclic N) is 1. The first-order valence-corrected chi connectivity index (χ1v) is 8.40. The molecule has 1 aliphatic rings. The summed E-state index contributed by atoms with van der Waals surface area (Å²) in [5.41, 5.74) is 3.15. The fraction of sp³-hybridized carbons (Fsp3) is 0.278. The summed E-state index contributed by atoms with van der Waals surface area (Å²) in [6, 6.07) is 17.7. The highest BCUT2D eigenvalue weighted by atomic mass is 32.2. The lowest BCUT2D eigenvalue weighted by Crippen LogP contribution is -2.32. The Morgan fingerprint density at radius 3 is 2.73 bits per heavy atom. The molecule has 2 aromatic rings. The highest BCUT2D eigenvalue weighted by molar-refractivity contribution is 8.00. The molecule has 3 rings (SSSR count). The van der Waals surface area contributed by atoms with Crippen molar-refractivity contribution in [3.05, 3.63) is 71.3 Å². The first-order chi connectivity index (χ1) is 10.6. The second-order valence-electron chi connectivity index (χ2n) is 5.55. The van der Waals surface area contributed by atoms with Crippen LogP contribution in [-0.4, -0.2) is 28.2 Å². The van der Waals surface area contributed by atoms with Crippen molar-refractivity contribution in [2.75, 3.05) is 12.3 Å². The van der Waals surface area contributed by atoms with Gasteiger partial charge in [0.1, 0.15) is 5.37 Å². The van der Waals surface area contributed by atoms with Gasteiger partial charge in [-0.15, -0.1) is 11.8 Å². The third-order valence-electron chi connectivity index (χ3n) is 3.85. The van der Waals surface area contributed by atoms with Crippen molar-refractivity contribution in [3.8, 4) is 0 Å². The van der Waals surface area contributed by atoms with Gasteiger partial charge in [0.15, 0.2) is 0 Å². The number of aryl methyl sites for hydroxylation is 1. The van der Waals surface area contributed by atoms with Gasteiger partial charge in [0.05, 0.1) is 18.4 Å². The molecule has 1 N–H and O–H groups in total. The van der Waals surface area contributed by atoms with Gasteiger partial charge in [0.2, 0.25) is 5.91 Å². The van der Waals surface area contributed by atoms with Gasteiger partial charge in [-0.1, -0.05) is 60.2 Å². The second-order valence-corrected chi connectivity index (χ2v) is 6.62. The summed E-state index contributed by atoms with van der Waals surface area (Å²) < 4.78 is 0. The Morgan fingerprint density at radius 1 is 1.23 bits per heavy atom. The van der Waals surface area contributed by atoms with Crippen molar-refractivity contribution >= 4 is 17.7 Å². The van der Waals surface area contributed by atoms with E-state index in [0.717, 1.165) is 11.1 Å². The minimum absolute atomic E-state index is 0.00855. The molecule has 0 saturated carbocycles. The molecule has 22 heavy (non-hydrogen) atoms. The van der Waals surface area contributed by atoms with Crippen LogP contribution in [0.4, 0.5) is 0 Å². The summed E-state index contributed by atoms with van der Waals surface area (Å²) in [4.78, 5) is 14.0. The lowest BCUT2D eigenvalue weighted by atomic mass is 10.1. The smallest absolute Gasteiger partial charge is 0.233 e. The van der Waals surface area contributed by atoms with Crippen molar-refractivity contribution in [2.45, 2.75) is 18.4 Å². The van der Waals surface area contributed by atoms with Gasteiger partial charge in [-0.3, -0.25) is 4.79 Å². The van der Waals surface area contributed by atoms with Gasteiger partial charge in [-0.25, -0.2) is 0 Å². The highest BCUT2D eigenvalue weighted by Gasteiger charge is 2.34. The maximum absolute atomic E-state index is 12.2. The van der Waals surface area contributed by atoms with E-state index in [-0.39, 0.29) is 11.3 Å². The second kappa shape index (κ2) is 6.55. The van der Waals surface area contributed by atoms with E-state index in [9.17, 15) is 9.90 Å². The number of rotatable bonds is 4. The lowest BCUT2D eigenvalue weighted by Gasteiger charge is -2.27. The number of hydrogen-bond acceptors (Lipinski definition) is 3. The fourth-order valence-electron chi connectivity index (χ4n) is 2.72. The Bertz CT molecular complexity index is 659. The van der Waals surface area contributed by atoms with Crippen molar-refractivity contribution < 1.29 is 9.90 Å². The maximum Gasteiger partial charge on any atom is 0.233 e. The minimum atomic E-state index is -0.656. The number of carbonyl (C=O) groups is 1. The summed E-state index contributed by atoms with van der Waals surface area (Å²) >= 11 is 1.62. The van der Waals surface area contributed by atoms with E-state index in [4.69, 9.17) is 0 Å². The number of aliphatic hydroxyl groups is 1. The molecule has 3 nitrogen and oxygen atoms in total. The summed E-state index contributed by atoms with van der Waals surface area (Å²) in [6.45, 7) is 2.38. The quantitative estimate of drug-likeness (QED) is 0.941. The molecule has 2 aromatic carbocycles. The molecule has 4 heteroatoms. The largest absolute Gasteiger partial charge is 0.387 e. The topological polar surface area (TPSA) is 40.5 Å². The average molecular weight is 313 g/mol. The molecule has 2 atom stereocenters. The predicted molar refractivity (Wildman–Crippen MR) is 89.5 cm³/mol. The van der Waals surface area contributed by atoms with Crippen molar-refractivity contribution in [2.24, 2.45) is 0 Å². The normalized spacial score (nSPS) is 19.5. The highest BCUT2D eigenvalue weighted by Crippen LogP contribution is 2.39. The zero-order chi connectivity index (χ0) is 15.5. The molecule has 0 radical (unpaired) electrons. The summed E-state index contributed by atoms with van der Waals surface area (Å²) in [5.74, 6) is 0.562. The molecule has 0 aromatic heterocycles. The molecule has 1 amide bonds. The monoisotopic (exact) mass is 313 g/mol. The number of thioether (sulfide) groups is 1. The Kier molecular flexibility index (Phi) is 4.50. The average Bonchev–Trinajstić information content (AvgIpc) is 2.89. The zero-order valence-corrected chi connectivity index (χ0v) is 13.3. The molecule has 1 heterocycles. The molecule has 0 bridgehead atoms. The maximum atomic E-state index is 12.2. The van der Waals surface area contributed by atoms with Gasteiger partial charge in [0.25, 0.3) is 0 Å². The first-order valence-electron chi connectivity index (χ1n) is 7.36. The molecule has 114 valence electrons. The van der Waals surface area contributed by atoms with Crippen LogP contribution in [0.3, 0.4) is 0 Å². The number of carbonyl (C=O) groups excluding carboxylic acids is 1. The molecule has 1 fully saturated rings. The van der Waals surface area contributed by atoms with E-state index in [1.54, 1.807) is 16.7 Å². The summed E-state index contributed by atoms with van der Waals surface area (Å²) in [6.07, 6.45) is -0.656. The Balaban J connectivity index is 1.80. The molecular formula is C18H19NO2S. The van der Waals surface area contributed by atoms with Crippen LogP contribution in [0.2, 0.25) is 0 Å². The number of amides is 1. The van der Waals surface area contributed by atoms with Crippen LogP contribution in [0, 0.1) is 6.92 Å². The van der Waals surface area contributed by atoms with Crippen LogP contribution in [0.15, 0.2) is 54.6 Å². The van der Waals surface area contributed by atoms with Crippen LogP contribution in [-0.2, 0) is 4.79 Å². The number of hydrogen-bond donors (Lipinski definition) is 1. The first kappa shape index (κ1) is 15.1. The van der Waals surface area contributed by atoms with E-state index < -0.39 is 6.10 Å². The zero-order valence-electron chi connectivity index (χ0n) is 12.5. The van der Waals surface area contributed by atoms with E-state index >= 15 is 0 Å². The Labute approximate surface area is 135 Å². The molecule has 0 spiro atoms. The third-order valence-corrected chi connectivity index (χ3v) is 5.11. The number of nitrogens with zero attached hydrogens (tertiary/aromatic N) is 1. The van der Waals surface area contributed by atoms with E-state index in [2.05, 4.69) is 6.07 Å². The standard InChI is InChI=1S/C18H19NO2S/c1-13-6-5-9-15(10-13)18-19(17(21)12-22-18)11-16(20)14-7-3-2-4-8-14/h2-10,16,18,20H,11-12H2,1H3.